The van der Waals surface area contributed by atoms with Gasteiger partial charge in [0.25, 0.3) is 0 Å². The van der Waals surface area contributed by atoms with Gasteiger partial charge in [-0.1, -0.05) is 34.5 Å². The summed E-state index contributed by atoms with van der Waals surface area (Å²) < 4.78 is 1.29. The van der Waals surface area contributed by atoms with E-state index < -0.39 is 0 Å². The molecule has 3 rings (SSSR count). The van der Waals surface area contributed by atoms with Gasteiger partial charge in [0.1, 0.15) is 0 Å². The summed E-state index contributed by atoms with van der Waals surface area (Å²) in [6, 6.07) is 8.00. The maximum absolute atomic E-state index is 3.82. The van der Waals surface area contributed by atoms with Crippen LogP contribution in [0.4, 0.5) is 0 Å². The van der Waals surface area contributed by atoms with Crippen molar-refractivity contribution >= 4 is 15.9 Å². The molecule has 1 fully saturated rings. The van der Waals surface area contributed by atoms with Crippen LogP contribution in [0.3, 0.4) is 0 Å². The highest BCUT2D eigenvalue weighted by atomic mass is 79.9. The molecule has 0 spiro atoms. The molecule has 2 heteroatoms. The van der Waals surface area contributed by atoms with E-state index in [-0.39, 0.29) is 0 Å². The topological polar surface area (TPSA) is 12.0 Å². The van der Waals surface area contributed by atoms with E-state index in [0.717, 1.165) is 6.04 Å². The summed E-state index contributed by atoms with van der Waals surface area (Å²) in [5.41, 5.74) is 3.07. The lowest BCUT2D eigenvalue weighted by atomic mass is 9.85. The summed E-state index contributed by atoms with van der Waals surface area (Å²) >= 11 is 3.71. The molecule has 1 N–H and O–H groups in total. The quantitative estimate of drug-likeness (QED) is 0.864. The van der Waals surface area contributed by atoms with Crippen molar-refractivity contribution in [2.45, 2.75) is 50.6 Å². The first-order chi connectivity index (χ1) is 7.84. The van der Waals surface area contributed by atoms with Gasteiger partial charge in [0.15, 0.2) is 0 Å². The molecule has 0 aromatic heterocycles. The van der Waals surface area contributed by atoms with E-state index in [0.29, 0.717) is 6.04 Å². The van der Waals surface area contributed by atoms with Crippen molar-refractivity contribution < 1.29 is 0 Å². The number of hydrogen-bond donors (Lipinski definition) is 1. The molecule has 1 atom stereocenters. The van der Waals surface area contributed by atoms with Crippen LogP contribution in [-0.2, 0) is 6.42 Å². The number of rotatable bonds is 2. The monoisotopic (exact) mass is 279 g/mol. The van der Waals surface area contributed by atoms with Crippen LogP contribution < -0.4 is 5.32 Å². The Labute approximate surface area is 106 Å². The number of nitrogens with one attached hydrogen (secondary N) is 1. The highest BCUT2D eigenvalue weighted by Gasteiger charge is 2.26. The van der Waals surface area contributed by atoms with Crippen molar-refractivity contribution in [2.75, 3.05) is 0 Å². The normalized spacial score (nSPS) is 24.9. The Kier molecular flexibility index (Phi) is 3.03. The Hall–Kier alpha value is -0.340. The van der Waals surface area contributed by atoms with Gasteiger partial charge >= 0.3 is 0 Å². The Morgan fingerprint density at radius 1 is 1.12 bits per heavy atom. The molecule has 0 saturated heterocycles. The second-order valence-corrected chi connectivity index (χ2v) is 5.91. The van der Waals surface area contributed by atoms with Gasteiger partial charge in [0.2, 0.25) is 0 Å². The predicted octanol–water partition coefficient (Wildman–Crippen LogP) is 3.97. The van der Waals surface area contributed by atoms with Crippen molar-refractivity contribution in [3.63, 3.8) is 0 Å². The van der Waals surface area contributed by atoms with Crippen molar-refractivity contribution in [3.05, 3.63) is 33.8 Å². The molecule has 0 bridgehead atoms. The molecule has 0 amide bonds. The summed E-state index contributed by atoms with van der Waals surface area (Å²) in [4.78, 5) is 0. The van der Waals surface area contributed by atoms with Crippen LogP contribution in [0.2, 0.25) is 0 Å². The molecule has 0 heterocycles. The number of aryl methyl sites for hydroxylation is 1. The first kappa shape index (κ1) is 10.8. The van der Waals surface area contributed by atoms with Gasteiger partial charge in [-0.15, -0.1) is 0 Å². The first-order valence-corrected chi connectivity index (χ1v) is 7.17. The highest BCUT2D eigenvalue weighted by Crippen LogP contribution is 2.36. The third kappa shape index (κ3) is 1.93. The molecule has 1 aromatic rings. The van der Waals surface area contributed by atoms with Gasteiger partial charge in [-0.25, -0.2) is 0 Å². The molecule has 2 aliphatic rings. The fraction of sp³-hybridized carbons (Fsp3) is 0.571. The van der Waals surface area contributed by atoms with Gasteiger partial charge < -0.3 is 5.32 Å². The molecule has 0 aliphatic heterocycles. The van der Waals surface area contributed by atoms with E-state index in [9.17, 15) is 0 Å². The van der Waals surface area contributed by atoms with E-state index in [1.54, 1.807) is 0 Å². The molecule has 16 heavy (non-hydrogen) atoms. The lowest BCUT2D eigenvalue weighted by molar-refractivity contribution is 0.290. The summed E-state index contributed by atoms with van der Waals surface area (Å²) in [5, 5.41) is 3.82. The zero-order valence-corrected chi connectivity index (χ0v) is 11.1. The average molecular weight is 280 g/mol. The van der Waals surface area contributed by atoms with Crippen LogP contribution in [-0.4, -0.2) is 6.04 Å². The van der Waals surface area contributed by atoms with Gasteiger partial charge in [0, 0.05) is 16.6 Å². The molecule has 1 unspecified atom stereocenters. The van der Waals surface area contributed by atoms with Crippen molar-refractivity contribution in [1.29, 1.82) is 0 Å². The average Bonchev–Trinajstić information content (AvgIpc) is 2.24. The van der Waals surface area contributed by atoms with Gasteiger partial charge in [-0.3, -0.25) is 0 Å². The number of fused-ring (bicyclic) bond motifs is 1. The van der Waals surface area contributed by atoms with Crippen LogP contribution in [0, 0.1) is 0 Å². The molecule has 1 nitrogen and oxygen atoms in total. The second kappa shape index (κ2) is 4.50. The van der Waals surface area contributed by atoms with Gasteiger partial charge in [-0.2, -0.15) is 0 Å². The first-order valence-electron chi connectivity index (χ1n) is 6.38. The maximum atomic E-state index is 3.82. The van der Waals surface area contributed by atoms with Crippen molar-refractivity contribution in [1.82, 2.24) is 5.32 Å². The number of benzene rings is 1. The Morgan fingerprint density at radius 3 is 2.75 bits per heavy atom. The summed E-state index contributed by atoms with van der Waals surface area (Å²) in [5.74, 6) is 0. The zero-order valence-electron chi connectivity index (χ0n) is 9.51. The van der Waals surface area contributed by atoms with E-state index in [2.05, 4.69) is 39.4 Å². The molecule has 0 radical (unpaired) electrons. The molecular formula is C14H18BrN. The summed E-state index contributed by atoms with van der Waals surface area (Å²) in [7, 11) is 0. The lowest BCUT2D eigenvalue weighted by Gasteiger charge is -2.35. The number of halogens is 1. The van der Waals surface area contributed by atoms with Gasteiger partial charge in [0.05, 0.1) is 0 Å². The predicted molar refractivity (Wildman–Crippen MR) is 70.6 cm³/mol. The fourth-order valence-corrected chi connectivity index (χ4v) is 3.54. The minimum atomic E-state index is 0.588. The van der Waals surface area contributed by atoms with Crippen molar-refractivity contribution in [3.8, 4) is 0 Å². The highest BCUT2D eigenvalue weighted by molar-refractivity contribution is 9.10. The fourth-order valence-electron chi connectivity index (χ4n) is 2.86. The Bertz CT molecular complexity index is 384. The zero-order chi connectivity index (χ0) is 11.0. The van der Waals surface area contributed by atoms with Crippen LogP contribution >= 0.6 is 15.9 Å². The largest absolute Gasteiger partial charge is 0.307 e. The number of hydrogen-bond acceptors (Lipinski definition) is 1. The molecule has 1 aromatic carbocycles. The molecule has 2 aliphatic carbocycles. The standard InChI is InChI=1S/C14H18BrN/c15-12-8-1-4-10-5-2-9-13(14(10)12)16-11-6-3-7-11/h1,4,8,11,13,16H,2-3,5-7,9H2. The van der Waals surface area contributed by atoms with E-state index in [1.807, 2.05) is 0 Å². The minimum absolute atomic E-state index is 0.588. The molecular weight excluding hydrogens is 262 g/mol. The van der Waals surface area contributed by atoms with Gasteiger partial charge in [-0.05, 0) is 49.3 Å². The minimum Gasteiger partial charge on any atom is -0.307 e. The van der Waals surface area contributed by atoms with E-state index >= 15 is 0 Å². The third-order valence-corrected chi connectivity index (χ3v) is 4.66. The SMILES string of the molecule is Brc1cccc2c1C(NC1CCC1)CCC2. The van der Waals surface area contributed by atoms with Crippen LogP contribution in [0.15, 0.2) is 22.7 Å². The second-order valence-electron chi connectivity index (χ2n) is 5.05. The van der Waals surface area contributed by atoms with E-state index in [4.69, 9.17) is 0 Å². The molecule has 1 saturated carbocycles. The Balaban J connectivity index is 1.86. The summed E-state index contributed by atoms with van der Waals surface area (Å²) in [6.07, 6.45) is 8.03. The lowest BCUT2D eigenvalue weighted by Crippen LogP contribution is -2.39. The van der Waals surface area contributed by atoms with E-state index in [1.165, 1.54) is 54.1 Å². The summed E-state index contributed by atoms with van der Waals surface area (Å²) in [6.45, 7) is 0. The van der Waals surface area contributed by atoms with Crippen LogP contribution in [0.5, 0.6) is 0 Å². The molecule has 86 valence electrons. The maximum Gasteiger partial charge on any atom is 0.0336 e. The smallest absolute Gasteiger partial charge is 0.0336 e. The third-order valence-electron chi connectivity index (χ3n) is 3.97. The Morgan fingerprint density at radius 2 is 2.00 bits per heavy atom. The van der Waals surface area contributed by atoms with Crippen molar-refractivity contribution in [2.24, 2.45) is 0 Å². The van der Waals surface area contributed by atoms with Crippen LogP contribution in [0.1, 0.15) is 49.3 Å². The van der Waals surface area contributed by atoms with Crippen LogP contribution in [0.25, 0.3) is 0 Å².